The van der Waals surface area contributed by atoms with Gasteiger partial charge < -0.3 is 24.9 Å². The number of fused-ring (bicyclic) bond motifs is 1. The van der Waals surface area contributed by atoms with Crippen molar-refractivity contribution in [2.45, 2.75) is 76.5 Å². The minimum absolute atomic E-state index is 0. The van der Waals surface area contributed by atoms with Gasteiger partial charge in [-0.15, -0.1) is 0 Å². The molecule has 0 radical (unpaired) electrons. The molecule has 0 unspecified atom stereocenters. The van der Waals surface area contributed by atoms with Crippen LogP contribution >= 0.6 is 0 Å². The molecule has 7 nitrogen and oxygen atoms in total. The monoisotopic (exact) mass is 454 g/mol. The maximum absolute atomic E-state index is 13.2. The van der Waals surface area contributed by atoms with Gasteiger partial charge in [-0.25, -0.2) is 0 Å². The van der Waals surface area contributed by atoms with Crippen molar-refractivity contribution in [3.8, 4) is 0 Å². The molecule has 1 aliphatic carbocycles. The first-order valence-corrected chi connectivity index (χ1v) is 10.9. The summed E-state index contributed by atoms with van der Waals surface area (Å²) in [5, 5.41) is 16.1. The molecule has 1 heterocycles. The van der Waals surface area contributed by atoms with Gasteiger partial charge in [0.1, 0.15) is 0 Å². The Kier molecular flexibility index (Phi) is 10.3. The zero-order valence-electron chi connectivity index (χ0n) is 18.4. The van der Waals surface area contributed by atoms with Crippen LogP contribution in [-0.4, -0.2) is 91.3 Å². The number of esters is 1. The van der Waals surface area contributed by atoms with Crippen LogP contribution in [0.4, 0.5) is 0 Å². The fraction of sp³-hybridized carbons (Fsp3) is 0.609. The Morgan fingerprint density at radius 2 is 1.94 bits per heavy atom. The molecule has 0 spiro atoms. The van der Waals surface area contributed by atoms with Crippen molar-refractivity contribution in [2.75, 3.05) is 6.61 Å². The molecule has 1 aliphatic heterocycles. The number of carboxylic acids is 1. The van der Waals surface area contributed by atoms with Crippen LogP contribution in [0.25, 0.3) is 5.32 Å². The predicted molar refractivity (Wildman–Crippen MR) is 115 cm³/mol. The van der Waals surface area contributed by atoms with Gasteiger partial charge in [-0.3, -0.25) is 9.59 Å². The number of likely N-dealkylation sites (tertiary alicyclic amines) is 1. The minimum Gasteiger partial charge on any atom is -0.640 e. The van der Waals surface area contributed by atoms with E-state index in [0.29, 0.717) is 19.3 Å². The first-order valence-electron chi connectivity index (χ1n) is 10.9. The fourth-order valence-electron chi connectivity index (χ4n) is 4.81. The third-order valence-corrected chi connectivity index (χ3v) is 6.23. The van der Waals surface area contributed by atoms with E-state index >= 15 is 0 Å². The van der Waals surface area contributed by atoms with Crippen LogP contribution in [0, 0.1) is 5.92 Å². The maximum Gasteiger partial charge on any atom is 2.00 e. The third-order valence-electron chi connectivity index (χ3n) is 6.23. The molecule has 3 rings (SSSR count). The molecule has 0 N–H and O–H groups in total. The minimum atomic E-state index is -1.21. The predicted octanol–water partition coefficient (Wildman–Crippen LogP) is 1.45. The normalized spacial score (nSPS) is 24.1. The second kappa shape index (κ2) is 12.2. The van der Waals surface area contributed by atoms with Crippen molar-refractivity contribution in [3.63, 3.8) is 0 Å². The first-order chi connectivity index (χ1) is 14.4. The summed E-state index contributed by atoms with van der Waals surface area (Å²) in [6.07, 6.45) is 4.24. The number of nitrogens with zero attached hydrogens (tertiary/aromatic N) is 2. The number of aliphatic carboxylic acids is 1. The van der Waals surface area contributed by atoms with Gasteiger partial charge in [0.2, 0.25) is 5.91 Å². The van der Waals surface area contributed by atoms with Gasteiger partial charge in [0.15, 0.2) is 0 Å². The van der Waals surface area contributed by atoms with E-state index in [0.717, 1.165) is 24.8 Å². The number of benzene rings is 1. The molecule has 1 amide bonds. The Balaban J connectivity index is 0.00000341. The van der Waals surface area contributed by atoms with E-state index in [1.165, 1.54) is 4.90 Å². The summed E-state index contributed by atoms with van der Waals surface area (Å²) in [5.74, 6) is -1.80. The van der Waals surface area contributed by atoms with Crippen LogP contribution < -0.4 is 5.11 Å². The summed E-state index contributed by atoms with van der Waals surface area (Å²) in [5.41, 5.74) is 1.08. The molecule has 1 aromatic carbocycles. The number of amides is 1. The average molecular weight is 455 g/mol. The van der Waals surface area contributed by atoms with E-state index in [1.807, 2.05) is 30.3 Å². The van der Waals surface area contributed by atoms with E-state index in [9.17, 15) is 19.5 Å². The van der Waals surface area contributed by atoms with Gasteiger partial charge >= 0.3 is 37.7 Å². The van der Waals surface area contributed by atoms with Gasteiger partial charge in [0, 0.05) is 6.04 Å². The quantitative estimate of drug-likeness (QED) is 0.415. The van der Waals surface area contributed by atoms with E-state index in [1.54, 1.807) is 13.8 Å². The molecule has 0 aromatic heterocycles. The Morgan fingerprint density at radius 3 is 2.58 bits per heavy atom. The maximum atomic E-state index is 13.2. The van der Waals surface area contributed by atoms with Crippen molar-refractivity contribution >= 4 is 55.6 Å². The number of carbonyl (C=O) groups is 3. The molecule has 5 atom stereocenters. The van der Waals surface area contributed by atoms with Gasteiger partial charge in [-0.1, -0.05) is 56.1 Å². The van der Waals surface area contributed by atoms with Crippen molar-refractivity contribution in [1.29, 1.82) is 0 Å². The van der Waals surface area contributed by atoms with Gasteiger partial charge in [0.25, 0.3) is 5.97 Å². The number of ether oxygens (including phenoxy) is 1. The van der Waals surface area contributed by atoms with E-state index in [-0.39, 0.29) is 62.2 Å². The van der Waals surface area contributed by atoms with Crippen molar-refractivity contribution < 1.29 is 24.2 Å². The molecule has 31 heavy (non-hydrogen) atoms. The SMILES string of the molecule is CCOC(=O)[C@H](CCc1ccccc1)[N-][C@@H](C)C(=O)N1[C@H](C(=O)[O-])C[C@@H]2CCC[C@@H]21.[Ca+2]. The van der Waals surface area contributed by atoms with E-state index < -0.39 is 30.1 Å². The smallest absolute Gasteiger partial charge is 0.640 e. The summed E-state index contributed by atoms with van der Waals surface area (Å²) in [4.78, 5) is 38.7. The zero-order valence-corrected chi connectivity index (χ0v) is 20.6. The van der Waals surface area contributed by atoms with Crippen LogP contribution in [0.2, 0.25) is 0 Å². The van der Waals surface area contributed by atoms with Gasteiger partial charge in [-0.05, 0) is 50.1 Å². The van der Waals surface area contributed by atoms with Gasteiger partial charge in [0.05, 0.1) is 18.6 Å². The molecule has 2 fully saturated rings. The van der Waals surface area contributed by atoms with Crippen molar-refractivity contribution in [3.05, 3.63) is 41.2 Å². The zero-order chi connectivity index (χ0) is 21.7. The largest absolute Gasteiger partial charge is 2.00 e. The Bertz CT molecular complexity index is 760. The van der Waals surface area contributed by atoms with E-state index in [4.69, 9.17) is 4.74 Å². The molecule has 2 aliphatic rings. The van der Waals surface area contributed by atoms with Crippen LogP contribution in [-0.2, 0) is 25.5 Å². The molecule has 0 bridgehead atoms. The molecule has 1 aromatic rings. The number of carbonyl (C=O) groups excluding carboxylic acids is 3. The number of rotatable bonds is 9. The summed E-state index contributed by atoms with van der Waals surface area (Å²) in [6, 6.07) is 7.19. The van der Waals surface area contributed by atoms with Crippen LogP contribution in [0.1, 0.15) is 51.5 Å². The second-order valence-corrected chi connectivity index (χ2v) is 8.19. The van der Waals surface area contributed by atoms with Gasteiger partial charge in [-0.2, -0.15) is 0 Å². The molecule has 1 saturated carbocycles. The van der Waals surface area contributed by atoms with Crippen molar-refractivity contribution in [1.82, 2.24) is 4.90 Å². The Hall–Kier alpha value is -1.15. The Morgan fingerprint density at radius 1 is 1.23 bits per heavy atom. The average Bonchev–Trinajstić information content (AvgIpc) is 3.32. The number of carboxylic acid groups (broad SMARTS) is 1. The van der Waals surface area contributed by atoms with Crippen LogP contribution in [0.3, 0.4) is 0 Å². The van der Waals surface area contributed by atoms with Crippen molar-refractivity contribution in [2.24, 2.45) is 5.92 Å². The molecular weight excluding hydrogens is 424 g/mol. The number of aryl methyl sites for hydroxylation is 1. The third kappa shape index (κ3) is 6.44. The summed E-state index contributed by atoms with van der Waals surface area (Å²) >= 11 is 0. The summed E-state index contributed by atoms with van der Waals surface area (Å²) in [7, 11) is 0. The summed E-state index contributed by atoms with van der Waals surface area (Å²) < 4.78 is 5.17. The number of hydrogen-bond acceptors (Lipinski definition) is 5. The second-order valence-electron chi connectivity index (χ2n) is 8.19. The van der Waals surface area contributed by atoms with Crippen LogP contribution in [0.15, 0.2) is 30.3 Å². The Labute approximate surface area is 213 Å². The molecule has 1 saturated heterocycles. The fourth-order valence-corrected chi connectivity index (χ4v) is 4.81. The van der Waals surface area contributed by atoms with E-state index in [2.05, 4.69) is 5.32 Å². The summed E-state index contributed by atoms with van der Waals surface area (Å²) in [6.45, 7) is 3.60. The van der Waals surface area contributed by atoms with Crippen LogP contribution in [0.5, 0.6) is 0 Å². The standard InChI is InChI=1S/C23H31N2O5.Ca/c1-3-30-23(29)18(13-12-16-8-5-4-6-9-16)24-15(2)21(26)25-19-11-7-10-17(19)14-20(25)22(27)28;/h4-6,8-9,15,17-20H,3,7,10-14H2,1-2H3,(H,27,28);/q-1;+2/p-1/t15-,17-,18-,19-,20-;/m0./s1. The molecule has 164 valence electrons. The molecular formula is C23H30CaN2O5. The first kappa shape index (κ1) is 26.1. The topological polar surface area (TPSA) is 101 Å². The molecule has 8 heteroatoms. The number of hydrogen-bond donors (Lipinski definition) is 0.